The standard InChI is InChI=1S/C16H15NO4S/c1-20-10-5-3-9(4-6-10)13-8-12-15(22-13)11(16(19)21-2)7-14(18)17-12/h3-6,8,11H,7H2,1-2H3,(H,17,18). The lowest BCUT2D eigenvalue weighted by atomic mass is 9.98. The molecule has 3 rings (SSSR count). The number of amides is 1. The van der Waals surface area contributed by atoms with Crippen molar-refractivity contribution in [3.8, 4) is 16.2 Å². The molecule has 1 aromatic carbocycles. The predicted molar refractivity (Wildman–Crippen MR) is 84.3 cm³/mol. The fraction of sp³-hybridized carbons (Fsp3) is 0.250. The second-order valence-corrected chi connectivity index (χ2v) is 6.03. The maximum atomic E-state index is 11.9. The highest BCUT2D eigenvalue weighted by Gasteiger charge is 2.33. The summed E-state index contributed by atoms with van der Waals surface area (Å²) in [6.07, 6.45) is 0.127. The minimum absolute atomic E-state index is 0.127. The number of ether oxygens (including phenoxy) is 2. The second-order valence-electron chi connectivity index (χ2n) is 4.95. The van der Waals surface area contributed by atoms with E-state index >= 15 is 0 Å². The molecule has 0 spiro atoms. The van der Waals surface area contributed by atoms with Crippen LogP contribution in [0.2, 0.25) is 0 Å². The Morgan fingerprint density at radius 2 is 2.00 bits per heavy atom. The highest BCUT2D eigenvalue weighted by molar-refractivity contribution is 7.16. The van der Waals surface area contributed by atoms with Gasteiger partial charge in [0.25, 0.3) is 0 Å². The van der Waals surface area contributed by atoms with E-state index in [1.54, 1.807) is 7.11 Å². The van der Waals surface area contributed by atoms with Gasteiger partial charge in [0.1, 0.15) is 11.7 Å². The molecule has 6 heteroatoms. The molecule has 0 bridgehead atoms. The summed E-state index contributed by atoms with van der Waals surface area (Å²) in [7, 11) is 2.96. The summed E-state index contributed by atoms with van der Waals surface area (Å²) >= 11 is 1.50. The Bertz CT molecular complexity index is 720. The zero-order chi connectivity index (χ0) is 15.7. The third-order valence-corrected chi connectivity index (χ3v) is 4.90. The summed E-state index contributed by atoms with van der Waals surface area (Å²) < 4.78 is 9.96. The van der Waals surface area contributed by atoms with Gasteiger partial charge in [-0.3, -0.25) is 9.59 Å². The number of fused-ring (bicyclic) bond motifs is 1. The number of benzene rings is 1. The molecule has 0 radical (unpaired) electrons. The molecule has 0 saturated carbocycles. The molecule has 0 fully saturated rings. The molecule has 2 aromatic rings. The van der Waals surface area contributed by atoms with Gasteiger partial charge >= 0.3 is 5.97 Å². The number of nitrogens with one attached hydrogen (secondary N) is 1. The number of esters is 1. The quantitative estimate of drug-likeness (QED) is 0.884. The van der Waals surface area contributed by atoms with Gasteiger partial charge in [0.2, 0.25) is 5.91 Å². The number of thiophene rings is 1. The molecule has 1 aliphatic heterocycles. The van der Waals surface area contributed by atoms with Crippen LogP contribution in [-0.2, 0) is 14.3 Å². The van der Waals surface area contributed by atoms with Crippen molar-refractivity contribution in [1.29, 1.82) is 0 Å². The van der Waals surface area contributed by atoms with Crippen molar-refractivity contribution in [2.24, 2.45) is 0 Å². The van der Waals surface area contributed by atoms with E-state index in [-0.39, 0.29) is 18.3 Å². The fourth-order valence-electron chi connectivity index (χ4n) is 2.47. The van der Waals surface area contributed by atoms with Gasteiger partial charge < -0.3 is 14.8 Å². The van der Waals surface area contributed by atoms with E-state index in [2.05, 4.69) is 5.32 Å². The van der Waals surface area contributed by atoms with Crippen molar-refractivity contribution < 1.29 is 19.1 Å². The first-order chi connectivity index (χ1) is 10.6. The summed E-state index contributed by atoms with van der Waals surface area (Å²) in [5.41, 5.74) is 1.71. The summed E-state index contributed by atoms with van der Waals surface area (Å²) in [4.78, 5) is 25.5. The second kappa shape index (κ2) is 5.81. The van der Waals surface area contributed by atoms with Crippen LogP contribution >= 0.6 is 11.3 Å². The number of methoxy groups -OCH3 is 2. The number of carbonyl (C=O) groups is 2. The lowest BCUT2D eigenvalue weighted by Crippen LogP contribution is -2.26. The van der Waals surface area contributed by atoms with Crippen LogP contribution in [0.4, 0.5) is 5.69 Å². The third kappa shape index (κ3) is 2.57. The first-order valence-electron chi connectivity index (χ1n) is 6.78. The van der Waals surface area contributed by atoms with Gasteiger partial charge in [0.15, 0.2) is 0 Å². The van der Waals surface area contributed by atoms with Crippen molar-refractivity contribution in [1.82, 2.24) is 0 Å². The van der Waals surface area contributed by atoms with E-state index in [0.29, 0.717) is 5.69 Å². The van der Waals surface area contributed by atoms with Crippen LogP contribution in [0.3, 0.4) is 0 Å². The molecule has 0 aliphatic carbocycles. The van der Waals surface area contributed by atoms with E-state index in [1.165, 1.54) is 18.4 Å². The van der Waals surface area contributed by atoms with Gasteiger partial charge in [0, 0.05) is 16.2 Å². The summed E-state index contributed by atoms with van der Waals surface area (Å²) in [5.74, 6) is -0.280. The molecule has 114 valence electrons. The maximum absolute atomic E-state index is 11.9. The van der Waals surface area contributed by atoms with E-state index < -0.39 is 5.92 Å². The molecule has 1 aromatic heterocycles. The average Bonchev–Trinajstić information content (AvgIpc) is 2.97. The monoisotopic (exact) mass is 317 g/mol. The largest absolute Gasteiger partial charge is 0.497 e. The van der Waals surface area contributed by atoms with Crippen LogP contribution in [0.5, 0.6) is 5.75 Å². The summed E-state index contributed by atoms with van der Waals surface area (Å²) in [5, 5.41) is 2.82. The van der Waals surface area contributed by atoms with E-state index in [4.69, 9.17) is 9.47 Å². The Morgan fingerprint density at radius 1 is 1.27 bits per heavy atom. The SMILES string of the molecule is COC(=O)C1CC(=O)Nc2cc(-c3ccc(OC)cc3)sc21. The Labute approximate surface area is 131 Å². The topological polar surface area (TPSA) is 64.6 Å². The van der Waals surface area contributed by atoms with Crippen LogP contribution < -0.4 is 10.1 Å². The minimum atomic E-state index is -0.522. The third-order valence-electron chi connectivity index (χ3n) is 3.60. The molecule has 2 heterocycles. The summed E-state index contributed by atoms with van der Waals surface area (Å²) in [6.45, 7) is 0. The molecule has 22 heavy (non-hydrogen) atoms. The van der Waals surface area contributed by atoms with Crippen molar-refractivity contribution in [3.05, 3.63) is 35.2 Å². The van der Waals surface area contributed by atoms with Gasteiger partial charge in [-0.15, -0.1) is 11.3 Å². The van der Waals surface area contributed by atoms with E-state index in [0.717, 1.165) is 21.1 Å². The number of hydrogen-bond acceptors (Lipinski definition) is 5. The van der Waals surface area contributed by atoms with Gasteiger partial charge in [-0.25, -0.2) is 0 Å². The highest BCUT2D eigenvalue weighted by atomic mass is 32.1. The van der Waals surface area contributed by atoms with Crippen molar-refractivity contribution in [3.63, 3.8) is 0 Å². The van der Waals surface area contributed by atoms with Gasteiger partial charge in [0.05, 0.1) is 19.9 Å². The molecule has 1 unspecified atom stereocenters. The molecule has 1 aliphatic rings. The maximum Gasteiger partial charge on any atom is 0.314 e. The lowest BCUT2D eigenvalue weighted by molar-refractivity contribution is -0.143. The Kier molecular flexibility index (Phi) is 3.85. The number of rotatable bonds is 3. The summed E-state index contributed by atoms with van der Waals surface area (Å²) in [6, 6.07) is 9.56. The first-order valence-corrected chi connectivity index (χ1v) is 7.60. The smallest absolute Gasteiger partial charge is 0.314 e. The molecule has 5 nitrogen and oxygen atoms in total. The van der Waals surface area contributed by atoms with E-state index in [9.17, 15) is 9.59 Å². The number of hydrogen-bond donors (Lipinski definition) is 1. The van der Waals surface area contributed by atoms with Crippen molar-refractivity contribution in [2.45, 2.75) is 12.3 Å². The predicted octanol–water partition coefficient (Wildman–Crippen LogP) is 3.02. The van der Waals surface area contributed by atoms with Crippen LogP contribution in [0.1, 0.15) is 17.2 Å². The zero-order valence-corrected chi connectivity index (χ0v) is 13.0. The van der Waals surface area contributed by atoms with Crippen LogP contribution in [0.25, 0.3) is 10.4 Å². The highest BCUT2D eigenvalue weighted by Crippen LogP contribution is 2.43. The van der Waals surface area contributed by atoms with E-state index in [1.807, 2.05) is 30.3 Å². The molecule has 0 saturated heterocycles. The van der Waals surface area contributed by atoms with Crippen LogP contribution in [0, 0.1) is 0 Å². The Balaban J connectivity index is 1.99. The number of anilines is 1. The minimum Gasteiger partial charge on any atom is -0.497 e. The molecule has 1 N–H and O–H groups in total. The van der Waals surface area contributed by atoms with Crippen LogP contribution in [0.15, 0.2) is 30.3 Å². The fourth-order valence-corrected chi connectivity index (χ4v) is 3.68. The zero-order valence-electron chi connectivity index (χ0n) is 12.2. The van der Waals surface area contributed by atoms with Gasteiger partial charge in [-0.05, 0) is 35.9 Å². The Morgan fingerprint density at radius 3 is 2.64 bits per heavy atom. The number of carbonyl (C=O) groups excluding carboxylic acids is 2. The first kappa shape index (κ1) is 14.6. The molecule has 1 amide bonds. The van der Waals surface area contributed by atoms with Gasteiger partial charge in [-0.2, -0.15) is 0 Å². The Hall–Kier alpha value is -2.34. The van der Waals surface area contributed by atoms with Crippen molar-refractivity contribution >= 4 is 28.9 Å². The molecular weight excluding hydrogens is 302 g/mol. The lowest BCUT2D eigenvalue weighted by Gasteiger charge is -2.19. The normalized spacial score (nSPS) is 16.6. The van der Waals surface area contributed by atoms with Crippen LogP contribution in [-0.4, -0.2) is 26.1 Å². The average molecular weight is 317 g/mol. The molecular formula is C16H15NO4S. The van der Waals surface area contributed by atoms with Gasteiger partial charge in [-0.1, -0.05) is 0 Å². The van der Waals surface area contributed by atoms with Crippen molar-refractivity contribution in [2.75, 3.05) is 19.5 Å². The molecule has 1 atom stereocenters.